The van der Waals surface area contributed by atoms with E-state index in [0.29, 0.717) is 5.69 Å². The van der Waals surface area contributed by atoms with Crippen molar-refractivity contribution >= 4 is 22.9 Å². The van der Waals surface area contributed by atoms with Crippen molar-refractivity contribution in [3.8, 4) is 0 Å². The van der Waals surface area contributed by atoms with Gasteiger partial charge in [-0.2, -0.15) is 5.10 Å². The fourth-order valence-corrected chi connectivity index (χ4v) is 2.47. The van der Waals surface area contributed by atoms with Gasteiger partial charge >= 0.3 is 0 Å². The van der Waals surface area contributed by atoms with Gasteiger partial charge in [-0.25, -0.2) is 0 Å². The molecule has 0 radical (unpaired) electrons. The molecule has 5 nitrogen and oxygen atoms in total. The van der Waals surface area contributed by atoms with Gasteiger partial charge in [0.1, 0.15) is 5.69 Å². The molecule has 0 atom stereocenters. The summed E-state index contributed by atoms with van der Waals surface area (Å²) >= 11 is 0. The lowest BCUT2D eigenvalue weighted by atomic mass is 10.1. The molecule has 2 heterocycles. The smallest absolute Gasteiger partial charge is 0.168 e. The van der Waals surface area contributed by atoms with Crippen LogP contribution in [0.3, 0.4) is 0 Å². The molecular formula is C13H16N4O. The molecule has 1 aromatic heterocycles. The third kappa shape index (κ3) is 1.76. The summed E-state index contributed by atoms with van der Waals surface area (Å²) in [5.41, 5.74) is 2.53. The first-order chi connectivity index (χ1) is 8.79. The van der Waals surface area contributed by atoms with Crippen LogP contribution in [0.1, 0.15) is 10.5 Å². The van der Waals surface area contributed by atoms with Crippen molar-refractivity contribution in [3.63, 3.8) is 0 Å². The number of hydrogen-bond acceptors (Lipinski definition) is 4. The SMILES string of the molecule is CN1CCN(c2cccc3n[nH]c(C=O)c23)CC1. The highest BCUT2D eigenvalue weighted by atomic mass is 16.1. The number of hydrogen-bond donors (Lipinski definition) is 1. The molecule has 94 valence electrons. The molecule has 0 amide bonds. The van der Waals surface area contributed by atoms with Crippen LogP contribution >= 0.6 is 0 Å². The van der Waals surface area contributed by atoms with E-state index in [4.69, 9.17) is 0 Å². The molecule has 0 saturated carbocycles. The number of piperazine rings is 1. The second-order valence-corrected chi connectivity index (χ2v) is 4.72. The normalized spacial score (nSPS) is 17.3. The first-order valence-corrected chi connectivity index (χ1v) is 6.15. The average molecular weight is 244 g/mol. The summed E-state index contributed by atoms with van der Waals surface area (Å²) < 4.78 is 0. The van der Waals surface area contributed by atoms with Gasteiger partial charge in [0, 0.05) is 31.9 Å². The molecule has 1 fully saturated rings. The number of nitrogens with zero attached hydrogens (tertiary/aromatic N) is 3. The van der Waals surface area contributed by atoms with E-state index in [1.165, 1.54) is 0 Å². The molecule has 2 aromatic rings. The largest absolute Gasteiger partial charge is 0.368 e. The Hall–Kier alpha value is -1.88. The number of anilines is 1. The molecule has 0 aliphatic carbocycles. The van der Waals surface area contributed by atoms with Crippen molar-refractivity contribution < 1.29 is 4.79 Å². The van der Waals surface area contributed by atoms with Crippen molar-refractivity contribution in [2.24, 2.45) is 0 Å². The highest BCUT2D eigenvalue weighted by molar-refractivity contribution is 6.02. The second-order valence-electron chi connectivity index (χ2n) is 4.72. The number of aromatic nitrogens is 2. The molecule has 0 spiro atoms. The third-order valence-corrected chi connectivity index (χ3v) is 3.55. The number of fused-ring (bicyclic) bond motifs is 1. The highest BCUT2D eigenvalue weighted by Gasteiger charge is 2.18. The minimum atomic E-state index is 0.569. The van der Waals surface area contributed by atoms with Crippen LogP contribution in [0.25, 0.3) is 10.9 Å². The van der Waals surface area contributed by atoms with E-state index in [1.807, 2.05) is 12.1 Å². The Kier molecular flexibility index (Phi) is 2.76. The summed E-state index contributed by atoms with van der Waals surface area (Å²) in [5, 5.41) is 7.90. The van der Waals surface area contributed by atoms with Gasteiger partial charge in [0.15, 0.2) is 6.29 Å². The zero-order valence-electron chi connectivity index (χ0n) is 10.4. The van der Waals surface area contributed by atoms with Crippen molar-refractivity contribution in [2.45, 2.75) is 0 Å². The molecule has 3 rings (SSSR count). The highest BCUT2D eigenvalue weighted by Crippen LogP contribution is 2.28. The van der Waals surface area contributed by atoms with Crippen LogP contribution in [0.15, 0.2) is 18.2 Å². The monoisotopic (exact) mass is 244 g/mol. The third-order valence-electron chi connectivity index (χ3n) is 3.55. The molecule has 1 aliphatic heterocycles. The quantitative estimate of drug-likeness (QED) is 0.805. The van der Waals surface area contributed by atoms with Crippen molar-refractivity contribution in [3.05, 3.63) is 23.9 Å². The Balaban J connectivity index is 2.05. The molecule has 1 N–H and O–H groups in total. The van der Waals surface area contributed by atoms with Gasteiger partial charge in [-0.05, 0) is 19.2 Å². The number of rotatable bonds is 2. The van der Waals surface area contributed by atoms with Crippen LogP contribution < -0.4 is 4.90 Å². The Morgan fingerprint density at radius 2 is 2.06 bits per heavy atom. The maximum absolute atomic E-state index is 11.1. The molecule has 0 bridgehead atoms. The summed E-state index contributed by atoms with van der Waals surface area (Å²) in [7, 11) is 2.13. The maximum atomic E-state index is 11.1. The predicted molar refractivity (Wildman–Crippen MR) is 71.2 cm³/mol. The van der Waals surface area contributed by atoms with E-state index in [0.717, 1.165) is 49.1 Å². The van der Waals surface area contributed by atoms with Crippen LogP contribution in [-0.4, -0.2) is 54.6 Å². The number of carbonyl (C=O) groups excluding carboxylic acids is 1. The molecule has 5 heteroatoms. The van der Waals surface area contributed by atoms with E-state index in [1.54, 1.807) is 0 Å². The Morgan fingerprint density at radius 3 is 2.78 bits per heavy atom. The predicted octanol–water partition coefficient (Wildman–Crippen LogP) is 1.13. The van der Waals surface area contributed by atoms with Crippen molar-refractivity contribution in [1.82, 2.24) is 15.1 Å². The van der Waals surface area contributed by atoms with Crippen LogP contribution in [-0.2, 0) is 0 Å². The standard InChI is InChI=1S/C13H16N4O/c1-16-5-7-17(8-6-16)12-4-2-3-10-13(12)11(9-18)15-14-10/h2-4,9H,5-8H2,1H3,(H,14,15). The fourth-order valence-electron chi connectivity index (χ4n) is 2.47. The van der Waals surface area contributed by atoms with E-state index in [9.17, 15) is 4.79 Å². The zero-order chi connectivity index (χ0) is 12.5. The number of likely N-dealkylation sites (N-methyl/N-ethyl adjacent to an activating group) is 1. The molecule has 1 aromatic carbocycles. The van der Waals surface area contributed by atoms with Gasteiger partial charge in [0.2, 0.25) is 0 Å². The molecule has 1 aliphatic rings. The van der Waals surface area contributed by atoms with Gasteiger partial charge in [0.25, 0.3) is 0 Å². The van der Waals surface area contributed by atoms with Gasteiger partial charge in [0.05, 0.1) is 10.9 Å². The summed E-state index contributed by atoms with van der Waals surface area (Å²) in [4.78, 5) is 15.7. The molecule has 0 unspecified atom stereocenters. The summed E-state index contributed by atoms with van der Waals surface area (Å²) in [6.45, 7) is 4.06. The number of nitrogens with one attached hydrogen (secondary N) is 1. The topological polar surface area (TPSA) is 52.2 Å². The van der Waals surface area contributed by atoms with E-state index in [2.05, 4.69) is 33.1 Å². The van der Waals surface area contributed by atoms with Gasteiger partial charge < -0.3 is 9.80 Å². The minimum Gasteiger partial charge on any atom is -0.368 e. The maximum Gasteiger partial charge on any atom is 0.168 e. The van der Waals surface area contributed by atoms with Crippen LogP contribution in [0.5, 0.6) is 0 Å². The fraction of sp³-hybridized carbons (Fsp3) is 0.385. The van der Waals surface area contributed by atoms with Crippen molar-refractivity contribution in [2.75, 3.05) is 38.1 Å². The number of aromatic amines is 1. The lowest BCUT2D eigenvalue weighted by Gasteiger charge is -2.34. The van der Waals surface area contributed by atoms with Crippen LogP contribution in [0, 0.1) is 0 Å². The zero-order valence-corrected chi connectivity index (χ0v) is 10.4. The Morgan fingerprint density at radius 1 is 1.28 bits per heavy atom. The first kappa shape index (κ1) is 11.2. The summed E-state index contributed by atoms with van der Waals surface area (Å²) in [5.74, 6) is 0. The lowest BCUT2D eigenvalue weighted by molar-refractivity contribution is 0.112. The number of aldehydes is 1. The van der Waals surface area contributed by atoms with Gasteiger partial charge in [-0.3, -0.25) is 9.89 Å². The lowest BCUT2D eigenvalue weighted by Crippen LogP contribution is -2.44. The van der Waals surface area contributed by atoms with Crippen LogP contribution in [0.4, 0.5) is 5.69 Å². The van der Waals surface area contributed by atoms with E-state index >= 15 is 0 Å². The van der Waals surface area contributed by atoms with Crippen LogP contribution in [0.2, 0.25) is 0 Å². The average Bonchev–Trinajstić information content (AvgIpc) is 2.82. The first-order valence-electron chi connectivity index (χ1n) is 6.15. The molecular weight excluding hydrogens is 228 g/mol. The Bertz CT molecular complexity index is 569. The molecule has 18 heavy (non-hydrogen) atoms. The van der Waals surface area contributed by atoms with Crippen molar-refractivity contribution in [1.29, 1.82) is 0 Å². The number of carbonyl (C=O) groups is 1. The molecule has 1 saturated heterocycles. The minimum absolute atomic E-state index is 0.569. The Labute approximate surface area is 105 Å². The number of benzene rings is 1. The van der Waals surface area contributed by atoms with E-state index in [-0.39, 0.29) is 0 Å². The van der Waals surface area contributed by atoms with E-state index < -0.39 is 0 Å². The van der Waals surface area contributed by atoms with Gasteiger partial charge in [-0.15, -0.1) is 0 Å². The second kappa shape index (κ2) is 4.42. The summed E-state index contributed by atoms with van der Waals surface area (Å²) in [6.07, 6.45) is 0.842. The summed E-state index contributed by atoms with van der Waals surface area (Å²) in [6, 6.07) is 5.99. The number of H-pyrrole nitrogens is 1. The van der Waals surface area contributed by atoms with Gasteiger partial charge in [-0.1, -0.05) is 6.07 Å².